The van der Waals surface area contributed by atoms with Gasteiger partial charge in [-0.3, -0.25) is 9.59 Å². The van der Waals surface area contributed by atoms with Gasteiger partial charge < -0.3 is 15.2 Å². The van der Waals surface area contributed by atoms with E-state index in [2.05, 4.69) is 27.4 Å². The van der Waals surface area contributed by atoms with Crippen LogP contribution in [0, 0.1) is 5.92 Å². The standard InChI is InChI=1S/C24H25Cl2N5O2S/c1-4-10-31-22(21(15(2)3)28-23(33)16-8-6-5-7-9-16)29-30-24(31)34-14-20(32)27-19-12-17(25)11-18(26)13-19/h4-9,11-13,15,21H,1,10,14H2,2-3H3,(H,27,32)(H,28,33)/t21-/m0/s1. The van der Waals surface area contributed by atoms with Crippen molar-refractivity contribution in [3.8, 4) is 0 Å². The zero-order chi connectivity index (χ0) is 24.7. The third kappa shape index (κ3) is 6.85. The fraction of sp³-hybridized carbons (Fsp3) is 0.250. The zero-order valence-corrected chi connectivity index (χ0v) is 21.1. The van der Waals surface area contributed by atoms with Gasteiger partial charge in [-0.15, -0.1) is 16.8 Å². The Kier molecular flexibility index (Phi) is 9.15. The highest BCUT2D eigenvalue weighted by Crippen LogP contribution is 2.26. The largest absolute Gasteiger partial charge is 0.342 e. The van der Waals surface area contributed by atoms with Crippen molar-refractivity contribution in [2.45, 2.75) is 31.6 Å². The molecule has 34 heavy (non-hydrogen) atoms. The molecule has 0 aliphatic heterocycles. The molecule has 0 spiro atoms. The van der Waals surface area contributed by atoms with E-state index >= 15 is 0 Å². The van der Waals surface area contributed by atoms with Crippen molar-refractivity contribution in [1.29, 1.82) is 0 Å². The number of aromatic nitrogens is 3. The maximum Gasteiger partial charge on any atom is 0.251 e. The average Bonchev–Trinajstić information content (AvgIpc) is 3.18. The first kappa shape index (κ1) is 25.8. The molecule has 0 aliphatic rings. The van der Waals surface area contributed by atoms with Crippen molar-refractivity contribution >= 4 is 52.5 Å². The summed E-state index contributed by atoms with van der Waals surface area (Å²) in [5.74, 6) is 0.317. The van der Waals surface area contributed by atoms with Gasteiger partial charge in [-0.25, -0.2) is 0 Å². The fourth-order valence-corrected chi connectivity index (χ4v) is 4.52. The van der Waals surface area contributed by atoms with Gasteiger partial charge in [-0.05, 0) is 36.2 Å². The summed E-state index contributed by atoms with van der Waals surface area (Å²) in [6.45, 7) is 8.25. The highest BCUT2D eigenvalue weighted by molar-refractivity contribution is 7.99. The minimum Gasteiger partial charge on any atom is -0.342 e. The number of benzene rings is 2. The van der Waals surface area contributed by atoms with Crippen LogP contribution in [0.25, 0.3) is 0 Å². The lowest BCUT2D eigenvalue weighted by molar-refractivity contribution is -0.113. The highest BCUT2D eigenvalue weighted by atomic mass is 35.5. The molecule has 0 fully saturated rings. The topological polar surface area (TPSA) is 88.9 Å². The molecule has 1 aromatic heterocycles. The van der Waals surface area contributed by atoms with Crippen LogP contribution in [0.3, 0.4) is 0 Å². The van der Waals surface area contributed by atoms with Gasteiger partial charge in [0, 0.05) is 27.8 Å². The normalized spacial score (nSPS) is 11.8. The summed E-state index contributed by atoms with van der Waals surface area (Å²) in [4.78, 5) is 25.3. The Morgan fingerprint density at radius 3 is 2.41 bits per heavy atom. The Hall–Kier alpha value is -2.81. The quantitative estimate of drug-likeness (QED) is 0.268. The van der Waals surface area contributed by atoms with Crippen LogP contribution in [-0.2, 0) is 11.3 Å². The molecule has 3 aromatic rings. The van der Waals surface area contributed by atoms with Gasteiger partial charge >= 0.3 is 0 Å². The Labute approximate surface area is 212 Å². The first-order chi connectivity index (χ1) is 16.3. The van der Waals surface area contributed by atoms with Crippen LogP contribution in [0.1, 0.15) is 36.1 Å². The number of rotatable bonds is 10. The molecular weight excluding hydrogens is 493 g/mol. The van der Waals surface area contributed by atoms with Gasteiger partial charge in [0.2, 0.25) is 5.91 Å². The Morgan fingerprint density at radius 1 is 1.12 bits per heavy atom. The van der Waals surface area contributed by atoms with Crippen molar-refractivity contribution in [3.63, 3.8) is 0 Å². The van der Waals surface area contributed by atoms with E-state index in [1.807, 2.05) is 36.6 Å². The molecule has 178 valence electrons. The molecule has 3 rings (SSSR count). The van der Waals surface area contributed by atoms with E-state index in [1.54, 1.807) is 36.4 Å². The summed E-state index contributed by atoms with van der Waals surface area (Å²) in [6.07, 6.45) is 1.72. The fourth-order valence-electron chi connectivity index (χ4n) is 3.23. The lowest BCUT2D eigenvalue weighted by Crippen LogP contribution is -2.33. The van der Waals surface area contributed by atoms with Gasteiger partial charge in [-0.1, -0.05) is 73.1 Å². The second-order valence-electron chi connectivity index (χ2n) is 7.80. The summed E-state index contributed by atoms with van der Waals surface area (Å²) in [5, 5.41) is 15.9. The van der Waals surface area contributed by atoms with Gasteiger partial charge in [0.05, 0.1) is 11.8 Å². The SMILES string of the molecule is C=CCn1c(SCC(=O)Nc2cc(Cl)cc(Cl)c2)nnc1[C@@H](NC(=O)c1ccccc1)C(C)C. The summed E-state index contributed by atoms with van der Waals surface area (Å²) in [7, 11) is 0. The van der Waals surface area contributed by atoms with E-state index < -0.39 is 0 Å². The van der Waals surface area contributed by atoms with Crippen LogP contribution in [-0.4, -0.2) is 32.3 Å². The van der Waals surface area contributed by atoms with Crippen LogP contribution < -0.4 is 10.6 Å². The Morgan fingerprint density at radius 2 is 1.79 bits per heavy atom. The molecule has 0 unspecified atom stereocenters. The second kappa shape index (κ2) is 12.1. The number of amides is 2. The van der Waals surface area contributed by atoms with Gasteiger partial charge in [0.25, 0.3) is 5.91 Å². The monoisotopic (exact) mass is 517 g/mol. The molecule has 0 saturated heterocycles. The van der Waals surface area contributed by atoms with Gasteiger partial charge in [0.15, 0.2) is 11.0 Å². The summed E-state index contributed by atoms with van der Waals surface area (Å²) in [5.41, 5.74) is 1.08. The molecule has 0 saturated carbocycles. The maximum atomic E-state index is 12.8. The third-order valence-corrected chi connectivity index (χ3v) is 6.21. The van der Waals surface area contributed by atoms with Crippen molar-refractivity contribution in [3.05, 3.63) is 82.6 Å². The van der Waals surface area contributed by atoms with Crippen LogP contribution in [0.4, 0.5) is 5.69 Å². The number of halogens is 2. The number of nitrogens with zero attached hydrogens (tertiary/aromatic N) is 3. The molecule has 2 N–H and O–H groups in total. The smallest absolute Gasteiger partial charge is 0.251 e. The van der Waals surface area contributed by atoms with E-state index in [0.717, 1.165) is 0 Å². The summed E-state index contributed by atoms with van der Waals surface area (Å²) >= 11 is 13.2. The molecule has 2 amide bonds. The first-order valence-electron chi connectivity index (χ1n) is 10.6. The molecule has 10 heteroatoms. The number of allylic oxidation sites excluding steroid dienone is 1. The maximum absolute atomic E-state index is 12.8. The van der Waals surface area contributed by atoms with Crippen molar-refractivity contribution < 1.29 is 9.59 Å². The van der Waals surface area contributed by atoms with E-state index in [0.29, 0.717) is 38.8 Å². The number of hydrogen-bond donors (Lipinski definition) is 2. The van der Waals surface area contributed by atoms with Crippen molar-refractivity contribution in [2.75, 3.05) is 11.1 Å². The Balaban J connectivity index is 1.74. The van der Waals surface area contributed by atoms with Gasteiger partial charge in [-0.2, -0.15) is 0 Å². The number of anilines is 1. The van der Waals surface area contributed by atoms with Crippen molar-refractivity contribution in [2.24, 2.45) is 5.92 Å². The van der Waals surface area contributed by atoms with E-state index in [1.165, 1.54) is 11.8 Å². The highest BCUT2D eigenvalue weighted by Gasteiger charge is 2.26. The lowest BCUT2D eigenvalue weighted by atomic mass is 10.0. The molecule has 0 radical (unpaired) electrons. The number of nitrogens with one attached hydrogen (secondary N) is 2. The Bertz CT molecular complexity index is 1150. The van der Waals surface area contributed by atoms with E-state index in [-0.39, 0.29) is 29.5 Å². The van der Waals surface area contributed by atoms with E-state index in [9.17, 15) is 9.59 Å². The first-order valence-corrected chi connectivity index (χ1v) is 12.3. The number of carbonyl (C=O) groups is 2. The lowest BCUT2D eigenvalue weighted by Gasteiger charge is -2.22. The molecule has 0 bridgehead atoms. The molecule has 1 atom stereocenters. The van der Waals surface area contributed by atoms with Crippen LogP contribution >= 0.6 is 35.0 Å². The van der Waals surface area contributed by atoms with Crippen LogP contribution in [0.5, 0.6) is 0 Å². The minimum atomic E-state index is -0.378. The van der Waals surface area contributed by atoms with Gasteiger partial charge in [0.1, 0.15) is 0 Å². The average molecular weight is 518 g/mol. The predicted molar refractivity (Wildman–Crippen MR) is 138 cm³/mol. The predicted octanol–water partition coefficient (Wildman–Crippen LogP) is 5.63. The number of carbonyl (C=O) groups excluding carboxylic acids is 2. The van der Waals surface area contributed by atoms with Crippen LogP contribution in [0.2, 0.25) is 10.0 Å². The molecule has 1 heterocycles. The number of hydrogen-bond acceptors (Lipinski definition) is 5. The summed E-state index contributed by atoms with van der Waals surface area (Å²) < 4.78 is 1.86. The minimum absolute atomic E-state index is 0.0501. The van der Waals surface area contributed by atoms with Crippen molar-refractivity contribution in [1.82, 2.24) is 20.1 Å². The van der Waals surface area contributed by atoms with Crippen LogP contribution in [0.15, 0.2) is 66.3 Å². The molecule has 0 aliphatic carbocycles. The third-order valence-electron chi connectivity index (χ3n) is 4.80. The second-order valence-corrected chi connectivity index (χ2v) is 9.61. The number of thioether (sulfide) groups is 1. The molecular formula is C24H25Cl2N5O2S. The zero-order valence-electron chi connectivity index (χ0n) is 18.8. The summed E-state index contributed by atoms with van der Waals surface area (Å²) in [6, 6.07) is 13.5. The molecule has 7 nitrogen and oxygen atoms in total. The molecule has 2 aromatic carbocycles. The van der Waals surface area contributed by atoms with E-state index in [4.69, 9.17) is 23.2 Å².